The van der Waals surface area contributed by atoms with Gasteiger partial charge in [-0.2, -0.15) is 0 Å². The summed E-state index contributed by atoms with van der Waals surface area (Å²) in [7, 11) is 0. The van der Waals surface area contributed by atoms with Gasteiger partial charge >= 0.3 is 0 Å². The molecule has 1 N–H and O–H groups in total. The lowest BCUT2D eigenvalue weighted by Gasteiger charge is -2.28. The smallest absolute Gasteiger partial charge is 0.231 e. The largest absolute Gasteiger partial charge is 0.454 e. The van der Waals surface area contributed by atoms with Crippen LogP contribution in [-0.2, 0) is 0 Å². The van der Waals surface area contributed by atoms with Crippen molar-refractivity contribution in [2.24, 2.45) is 0 Å². The normalized spacial score (nSPS) is 18.7. The molecule has 6 rings (SSSR count). The number of hydrogen-bond donors (Lipinski definition) is 1. The zero-order valence-corrected chi connectivity index (χ0v) is 20.7. The van der Waals surface area contributed by atoms with E-state index in [1.807, 2.05) is 30.5 Å². The standard InChI is InChI=1S/C28H26N4O2S/c1-17-7-9-20(10-8-17)32-27(26(30-28(32)35)23-6-4-5-13-29-23)22-14-18(2)31(19(22)3)21-11-12-24-25(15-21)34-16-33-24/h4-15,26-27H,16H2,1-3H3,(H,30,35)/t26-,27+/m0/s1. The van der Waals surface area contributed by atoms with Crippen LogP contribution in [0.15, 0.2) is 72.9 Å². The second-order valence-electron chi connectivity index (χ2n) is 9.03. The monoisotopic (exact) mass is 482 g/mol. The fourth-order valence-electron chi connectivity index (χ4n) is 5.16. The molecule has 0 saturated carbocycles. The van der Waals surface area contributed by atoms with Crippen LogP contribution in [-0.4, -0.2) is 21.5 Å². The number of hydrogen-bond acceptors (Lipinski definition) is 4. The molecule has 1 fully saturated rings. The Labute approximate surface area is 210 Å². The summed E-state index contributed by atoms with van der Waals surface area (Å²) < 4.78 is 13.4. The minimum absolute atomic E-state index is 0.0610. The third kappa shape index (κ3) is 3.63. The van der Waals surface area contributed by atoms with Gasteiger partial charge in [-0.3, -0.25) is 4.98 Å². The average Bonchev–Trinajstić information content (AvgIpc) is 3.55. The second kappa shape index (κ2) is 8.43. The van der Waals surface area contributed by atoms with Gasteiger partial charge in [-0.1, -0.05) is 23.8 Å². The van der Waals surface area contributed by atoms with Crippen LogP contribution in [0.1, 0.15) is 40.3 Å². The van der Waals surface area contributed by atoms with E-state index in [0.717, 1.165) is 40.0 Å². The molecule has 0 spiro atoms. The van der Waals surface area contributed by atoms with Crippen LogP contribution in [0.5, 0.6) is 11.5 Å². The molecule has 0 amide bonds. The minimum atomic E-state index is -0.0873. The Bertz CT molecular complexity index is 1420. The summed E-state index contributed by atoms with van der Waals surface area (Å²) in [5.41, 5.74) is 7.76. The van der Waals surface area contributed by atoms with Crippen LogP contribution in [0.2, 0.25) is 0 Å². The Morgan fingerprint density at radius 1 is 0.914 bits per heavy atom. The summed E-state index contributed by atoms with van der Waals surface area (Å²) in [5.74, 6) is 1.55. The number of benzene rings is 2. The van der Waals surface area contributed by atoms with Crippen LogP contribution >= 0.6 is 12.2 Å². The molecule has 6 nitrogen and oxygen atoms in total. The van der Waals surface area contributed by atoms with Crippen LogP contribution in [0.3, 0.4) is 0 Å². The van der Waals surface area contributed by atoms with E-state index in [0.29, 0.717) is 5.11 Å². The molecule has 7 heteroatoms. The number of anilines is 1. The molecule has 0 radical (unpaired) electrons. The van der Waals surface area contributed by atoms with E-state index in [1.54, 1.807) is 0 Å². The van der Waals surface area contributed by atoms with Gasteiger partial charge in [0, 0.05) is 35.0 Å². The highest BCUT2D eigenvalue weighted by molar-refractivity contribution is 7.80. The number of rotatable bonds is 4. The maximum absolute atomic E-state index is 5.89. The highest BCUT2D eigenvalue weighted by Crippen LogP contribution is 2.44. The summed E-state index contributed by atoms with van der Waals surface area (Å²) in [6.45, 7) is 6.65. The van der Waals surface area contributed by atoms with Crippen molar-refractivity contribution in [3.05, 3.63) is 101 Å². The molecular formula is C28H26N4O2S. The van der Waals surface area contributed by atoms with Gasteiger partial charge in [-0.25, -0.2) is 0 Å². The van der Waals surface area contributed by atoms with E-state index in [-0.39, 0.29) is 18.9 Å². The first-order valence-corrected chi connectivity index (χ1v) is 12.1. The van der Waals surface area contributed by atoms with Crippen molar-refractivity contribution in [1.82, 2.24) is 14.9 Å². The van der Waals surface area contributed by atoms with Gasteiger partial charge in [0.25, 0.3) is 0 Å². The number of ether oxygens (including phenoxy) is 2. The number of fused-ring (bicyclic) bond motifs is 1. The van der Waals surface area contributed by atoms with Crippen molar-refractivity contribution >= 4 is 23.0 Å². The van der Waals surface area contributed by atoms with E-state index >= 15 is 0 Å². The summed E-state index contributed by atoms with van der Waals surface area (Å²) in [6.07, 6.45) is 1.83. The Morgan fingerprint density at radius 2 is 1.69 bits per heavy atom. The second-order valence-corrected chi connectivity index (χ2v) is 9.42. The first kappa shape index (κ1) is 21.7. The van der Waals surface area contributed by atoms with Gasteiger partial charge in [-0.15, -0.1) is 0 Å². The molecule has 35 heavy (non-hydrogen) atoms. The molecular weight excluding hydrogens is 456 g/mol. The van der Waals surface area contributed by atoms with E-state index < -0.39 is 0 Å². The maximum Gasteiger partial charge on any atom is 0.231 e. The zero-order valence-electron chi connectivity index (χ0n) is 19.9. The molecule has 0 unspecified atom stereocenters. The number of pyridine rings is 1. The Kier molecular flexibility index (Phi) is 5.22. The highest BCUT2D eigenvalue weighted by Gasteiger charge is 2.42. The number of nitrogens with one attached hydrogen (secondary N) is 1. The quantitative estimate of drug-likeness (QED) is 0.377. The molecule has 2 aliphatic heterocycles. The topological polar surface area (TPSA) is 51.6 Å². The third-order valence-electron chi connectivity index (χ3n) is 6.81. The van der Waals surface area contributed by atoms with Crippen molar-refractivity contribution < 1.29 is 9.47 Å². The molecule has 0 aliphatic carbocycles. The molecule has 2 aliphatic rings. The fraction of sp³-hybridized carbons (Fsp3) is 0.214. The Hall–Kier alpha value is -3.84. The van der Waals surface area contributed by atoms with Crippen LogP contribution in [0.4, 0.5) is 5.69 Å². The van der Waals surface area contributed by atoms with E-state index in [9.17, 15) is 0 Å². The SMILES string of the molecule is Cc1ccc(N2C(=S)N[C@@H](c3ccccn3)[C@H]2c2cc(C)n(-c3ccc4c(c3)OCO4)c2C)cc1. The molecule has 2 aromatic carbocycles. The van der Waals surface area contributed by atoms with Crippen LogP contribution in [0.25, 0.3) is 5.69 Å². The summed E-state index contributed by atoms with van der Waals surface area (Å²) in [4.78, 5) is 6.91. The fourth-order valence-corrected chi connectivity index (χ4v) is 5.51. The Morgan fingerprint density at radius 3 is 2.46 bits per heavy atom. The minimum Gasteiger partial charge on any atom is -0.454 e. The van der Waals surface area contributed by atoms with Gasteiger partial charge in [-0.05, 0) is 81.0 Å². The Balaban J connectivity index is 1.50. The van der Waals surface area contributed by atoms with Crippen LogP contribution < -0.4 is 19.7 Å². The number of nitrogens with zero attached hydrogens (tertiary/aromatic N) is 3. The van der Waals surface area contributed by atoms with E-state index in [2.05, 4.69) is 83.0 Å². The van der Waals surface area contributed by atoms with Crippen molar-refractivity contribution in [2.45, 2.75) is 32.9 Å². The summed E-state index contributed by atoms with van der Waals surface area (Å²) >= 11 is 5.89. The predicted octanol–water partition coefficient (Wildman–Crippen LogP) is 5.70. The number of thiocarbonyl (C=S) groups is 1. The molecule has 4 aromatic rings. The van der Waals surface area contributed by atoms with Gasteiger partial charge < -0.3 is 24.3 Å². The van der Waals surface area contributed by atoms with Gasteiger partial charge in [0.15, 0.2) is 16.6 Å². The van der Waals surface area contributed by atoms with Crippen molar-refractivity contribution in [3.8, 4) is 17.2 Å². The zero-order chi connectivity index (χ0) is 24.1. The van der Waals surface area contributed by atoms with Crippen molar-refractivity contribution in [1.29, 1.82) is 0 Å². The third-order valence-corrected chi connectivity index (χ3v) is 7.13. The molecule has 0 bridgehead atoms. The molecule has 2 atom stereocenters. The molecule has 1 saturated heterocycles. The van der Waals surface area contributed by atoms with Gasteiger partial charge in [0.05, 0.1) is 17.8 Å². The lowest BCUT2D eigenvalue weighted by Crippen LogP contribution is -2.29. The van der Waals surface area contributed by atoms with Gasteiger partial charge in [0.2, 0.25) is 6.79 Å². The summed E-state index contributed by atoms with van der Waals surface area (Å²) in [6, 6.07) is 22.7. The first-order chi connectivity index (χ1) is 17.0. The number of aryl methyl sites for hydroxylation is 2. The summed E-state index contributed by atoms with van der Waals surface area (Å²) in [5, 5.41) is 4.26. The highest BCUT2D eigenvalue weighted by atomic mass is 32.1. The van der Waals surface area contributed by atoms with Crippen LogP contribution in [0, 0.1) is 20.8 Å². The molecule has 4 heterocycles. The van der Waals surface area contributed by atoms with Crippen molar-refractivity contribution in [2.75, 3.05) is 11.7 Å². The predicted molar refractivity (Wildman–Crippen MR) is 140 cm³/mol. The van der Waals surface area contributed by atoms with Crippen molar-refractivity contribution in [3.63, 3.8) is 0 Å². The van der Waals surface area contributed by atoms with E-state index in [4.69, 9.17) is 21.7 Å². The maximum atomic E-state index is 5.89. The lowest BCUT2D eigenvalue weighted by atomic mass is 9.96. The average molecular weight is 483 g/mol. The first-order valence-electron chi connectivity index (χ1n) is 11.7. The van der Waals surface area contributed by atoms with Gasteiger partial charge in [0.1, 0.15) is 0 Å². The molecule has 176 valence electrons. The number of aromatic nitrogens is 2. The molecule has 2 aromatic heterocycles. The van der Waals surface area contributed by atoms with E-state index in [1.165, 1.54) is 11.1 Å². The lowest BCUT2D eigenvalue weighted by molar-refractivity contribution is 0.174.